The highest BCUT2D eigenvalue weighted by atomic mass is 32.2. The smallest absolute Gasteiger partial charge is 0.242 e. The van der Waals surface area contributed by atoms with Crippen molar-refractivity contribution in [1.29, 1.82) is 0 Å². The minimum absolute atomic E-state index is 0.0212. The van der Waals surface area contributed by atoms with Gasteiger partial charge in [0.1, 0.15) is 11.1 Å². The van der Waals surface area contributed by atoms with Crippen molar-refractivity contribution in [2.45, 2.75) is 11.7 Å². The molecule has 0 spiro atoms. The van der Waals surface area contributed by atoms with Crippen LogP contribution in [0.15, 0.2) is 29.3 Å². The first kappa shape index (κ1) is 13.1. The normalized spacial score (nSPS) is 20.9. The van der Waals surface area contributed by atoms with Crippen molar-refractivity contribution in [3.05, 3.63) is 30.1 Å². The van der Waals surface area contributed by atoms with Gasteiger partial charge in [-0.05, 0) is 12.1 Å². The monoisotopic (exact) mass is 293 g/mol. The van der Waals surface area contributed by atoms with Crippen molar-refractivity contribution in [3.63, 3.8) is 0 Å². The van der Waals surface area contributed by atoms with Gasteiger partial charge in [0.15, 0.2) is 5.17 Å². The lowest BCUT2D eigenvalue weighted by molar-refractivity contribution is -0.127. The number of nitrogens with one attached hydrogen (secondary N) is 1. The van der Waals surface area contributed by atoms with Crippen molar-refractivity contribution >= 4 is 34.4 Å². The minimum Gasteiger partial charge on any atom is -0.324 e. The summed E-state index contributed by atoms with van der Waals surface area (Å²) in [6.07, 6.45) is 0.0212. The fourth-order valence-corrected chi connectivity index (χ4v) is 3.34. The van der Waals surface area contributed by atoms with Crippen LogP contribution in [0.4, 0.5) is 10.1 Å². The van der Waals surface area contributed by atoms with Gasteiger partial charge in [0.05, 0.1) is 12.2 Å². The molecule has 0 aliphatic carbocycles. The highest BCUT2D eigenvalue weighted by molar-refractivity contribution is 8.15. The molecule has 5 nitrogen and oxygen atoms in total. The second-order valence-corrected chi connectivity index (χ2v) is 5.66. The number of anilines is 1. The maximum absolute atomic E-state index is 13.4. The Hall–Kier alpha value is -1.89. The summed E-state index contributed by atoms with van der Waals surface area (Å²) in [6, 6.07) is 5.95. The van der Waals surface area contributed by atoms with Crippen molar-refractivity contribution in [3.8, 4) is 0 Å². The summed E-state index contributed by atoms with van der Waals surface area (Å²) in [5.41, 5.74) is 0.130. The lowest BCUT2D eigenvalue weighted by Crippen LogP contribution is -2.32. The molecule has 2 aliphatic heterocycles. The average molecular weight is 293 g/mol. The lowest BCUT2D eigenvalue weighted by atomic mass is 10.2. The zero-order valence-electron chi connectivity index (χ0n) is 10.5. The molecule has 0 saturated carbocycles. The molecule has 2 heterocycles. The highest BCUT2D eigenvalue weighted by Crippen LogP contribution is 2.31. The summed E-state index contributed by atoms with van der Waals surface area (Å²) in [7, 11) is 0. The number of amidine groups is 1. The Labute approximate surface area is 119 Å². The largest absolute Gasteiger partial charge is 0.324 e. The topological polar surface area (TPSA) is 61.8 Å². The van der Waals surface area contributed by atoms with Gasteiger partial charge in [0.2, 0.25) is 11.8 Å². The van der Waals surface area contributed by atoms with Crippen LogP contribution in [-0.2, 0) is 9.59 Å². The number of carbonyl (C=O) groups is 2. The molecule has 0 aromatic heterocycles. The highest BCUT2D eigenvalue weighted by Gasteiger charge is 2.40. The van der Waals surface area contributed by atoms with Crippen LogP contribution >= 0.6 is 11.8 Å². The Bertz CT molecular complexity index is 605. The van der Waals surface area contributed by atoms with Crippen LogP contribution in [0.3, 0.4) is 0 Å². The molecule has 3 rings (SSSR count). The quantitative estimate of drug-likeness (QED) is 0.918. The van der Waals surface area contributed by atoms with Gasteiger partial charge in [-0.2, -0.15) is 0 Å². The minimum atomic E-state index is -0.490. The van der Waals surface area contributed by atoms with Crippen LogP contribution in [0.1, 0.15) is 6.42 Å². The predicted octanol–water partition coefficient (Wildman–Crippen LogP) is 1.47. The molecule has 20 heavy (non-hydrogen) atoms. The van der Waals surface area contributed by atoms with E-state index >= 15 is 0 Å². The van der Waals surface area contributed by atoms with Gasteiger partial charge in [0.25, 0.3) is 0 Å². The van der Waals surface area contributed by atoms with E-state index < -0.39 is 11.1 Å². The molecule has 1 fully saturated rings. The molecule has 2 amide bonds. The molecule has 1 saturated heterocycles. The van der Waals surface area contributed by atoms with E-state index in [9.17, 15) is 14.0 Å². The predicted molar refractivity (Wildman–Crippen MR) is 75.0 cm³/mol. The zero-order chi connectivity index (χ0) is 14.1. The molecule has 1 N–H and O–H groups in total. The number of rotatable bonds is 3. The van der Waals surface area contributed by atoms with Crippen LogP contribution in [0.5, 0.6) is 0 Å². The van der Waals surface area contributed by atoms with E-state index in [-0.39, 0.29) is 23.9 Å². The maximum Gasteiger partial charge on any atom is 0.242 e. The number of benzene rings is 1. The molecule has 0 bridgehead atoms. The molecule has 7 heteroatoms. The van der Waals surface area contributed by atoms with Gasteiger partial charge >= 0.3 is 0 Å². The Balaban J connectivity index is 1.63. The van der Waals surface area contributed by atoms with Crippen molar-refractivity contribution in [2.24, 2.45) is 4.99 Å². The van der Waals surface area contributed by atoms with Crippen LogP contribution in [0.25, 0.3) is 0 Å². The average Bonchev–Trinajstić information content (AvgIpc) is 2.97. The molecule has 2 aliphatic rings. The third kappa shape index (κ3) is 2.40. The summed E-state index contributed by atoms with van der Waals surface area (Å²) >= 11 is 1.30. The molecule has 104 valence electrons. The summed E-state index contributed by atoms with van der Waals surface area (Å²) in [6.45, 7) is 1.22. The van der Waals surface area contributed by atoms with E-state index in [2.05, 4.69) is 10.3 Å². The molecule has 1 aromatic rings. The molecular weight excluding hydrogens is 281 g/mol. The third-order valence-corrected chi connectivity index (χ3v) is 4.32. The number of fused-ring (bicyclic) bond motifs is 1. The van der Waals surface area contributed by atoms with Crippen LogP contribution in [0.2, 0.25) is 0 Å². The Kier molecular flexibility index (Phi) is 3.43. The summed E-state index contributed by atoms with van der Waals surface area (Å²) in [4.78, 5) is 29.7. The fraction of sp³-hybridized carbons (Fsp3) is 0.308. The van der Waals surface area contributed by atoms with E-state index in [0.717, 1.165) is 0 Å². The van der Waals surface area contributed by atoms with E-state index in [1.54, 1.807) is 17.0 Å². The number of carbonyl (C=O) groups excluding carboxylic acids is 2. The lowest BCUT2D eigenvalue weighted by Gasteiger charge is -2.10. The standard InChI is InChI=1S/C13H12FN3O2S/c14-8-3-1-2-4-9(8)16-11(18)7-10-12(19)17-6-5-15-13(17)20-10/h1-4,10H,5-7H2,(H,16,18)/t10-/m1/s1. The fourth-order valence-electron chi connectivity index (χ4n) is 2.14. The van der Waals surface area contributed by atoms with E-state index in [1.165, 1.54) is 23.9 Å². The van der Waals surface area contributed by atoms with Gasteiger partial charge < -0.3 is 5.32 Å². The molecular formula is C13H12FN3O2S. The Morgan fingerprint density at radius 1 is 1.50 bits per heavy atom. The second kappa shape index (κ2) is 5.24. The summed E-state index contributed by atoms with van der Waals surface area (Å²) in [5.74, 6) is -0.950. The van der Waals surface area contributed by atoms with Gasteiger partial charge in [-0.3, -0.25) is 19.5 Å². The Morgan fingerprint density at radius 3 is 3.05 bits per heavy atom. The van der Waals surface area contributed by atoms with Gasteiger partial charge in [-0.15, -0.1) is 0 Å². The van der Waals surface area contributed by atoms with Crippen LogP contribution < -0.4 is 5.32 Å². The Morgan fingerprint density at radius 2 is 2.30 bits per heavy atom. The van der Waals surface area contributed by atoms with Crippen molar-refractivity contribution in [2.75, 3.05) is 18.4 Å². The van der Waals surface area contributed by atoms with Crippen LogP contribution in [-0.4, -0.2) is 40.2 Å². The van der Waals surface area contributed by atoms with Crippen LogP contribution in [0, 0.1) is 5.82 Å². The number of amides is 2. The van der Waals surface area contributed by atoms with E-state index in [1.807, 2.05) is 0 Å². The number of aliphatic imine (C=N–C) groups is 1. The van der Waals surface area contributed by atoms with E-state index in [4.69, 9.17) is 0 Å². The first-order chi connectivity index (χ1) is 9.65. The summed E-state index contributed by atoms with van der Waals surface area (Å²) < 4.78 is 13.4. The van der Waals surface area contributed by atoms with Crippen molar-refractivity contribution < 1.29 is 14.0 Å². The summed E-state index contributed by atoms with van der Waals surface area (Å²) in [5, 5.41) is 2.72. The molecule has 0 radical (unpaired) electrons. The van der Waals surface area contributed by atoms with Gasteiger partial charge in [-0.1, -0.05) is 23.9 Å². The van der Waals surface area contributed by atoms with E-state index in [0.29, 0.717) is 18.3 Å². The van der Waals surface area contributed by atoms with Gasteiger partial charge in [0, 0.05) is 13.0 Å². The number of hydrogen-bond donors (Lipinski definition) is 1. The third-order valence-electron chi connectivity index (χ3n) is 3.11. The second-order valence-electron chi connectivity index (χ2n) is 4.49. The molecule has 1 aromatic carbocycles. The SMILES string of the molecule is O=C(C[C@H]1SC2=NCCN2C1=O)Nc1ccccc1F. The molecule has 1 atom stereocenters. The first-order valence-corrected chi connectivity index (χ1v) is 7.10. The number of thioether (sulfide) groups is 1. The number of halogens is 1. The number of para-hydroxylation sites is 1. The number of hydrogen-bond acceptors (Lipinski definition) is 4. The maximum atomic E-state index is 13.4. The number of nitrogens with zero attached hydrogens (tertiary/aromatic N) is 2. The van der Waals surface area contributed by atoms with Gasteiger partial charge in [-0.25, -0.2) is 4.39 Å². The first-order valence-electron chi connectivity index (χ1n) is 6.22. The van der Waals surface area contributed by atoms with Crippen molar-refractivity contribution in [1.82, 2.24) is 4.90 Å². The zero-order valence-corrected chi connectivity index (χ0v) is 11.3. The molecule has 0 unspecified atom stereocenters.